The largest absolute Gasteiger partial charge is 0.497 e. The maximum atomic E-state index is 13.0. The first kappa shape index (κ1) is 23.0. The van der Waals surface area contributed by atoms with Crippen molar-refractivity contribution < 1.29 is 13.2 Å². The van der Waals surface area contributed by atoms with Crippen LogP contribution in [0.1, 0.15) is 23.6 Å². The number of nitrogens with zero attached hydrogens (tertiary/aromatic N) is 3. The molecule has 7 nitrogen and oxygen atoms in total. The number of ether oxygens (including phenoxy) is 1. The lowest BCUT2D eigenvalue weighted by atomic mass is 9.95. The molecular weight excluding hydrogens is 424 g/mol. The van der Waals surface area contributed by atoms with Crippen LogP contribution in [0.4, 0.5) is 5.69 Å². The number of nitrogens with one attached hydrogen (secondary N) is 1. The minimum Gasteiger partial charge on any atom is -0.497 e. The van der Waals surface area contributed by atoms with E-state index in [1.807, 2.05) is 0 Å². The Morgan fingerprint density at radius 2 is 1.72 bits per heavy atom. The van der Waals surface area contributed by atoms with Crippen LogP contribution in [0.25, 0.3) is 0 Å². The van der Waals surface area contributed by atoms with E-state index in [0.717, 1.165) is 45.6 Å². The Morgan fingerprint density at radius 1 is 1.00 bits per heavy atom. The predicted octanol–water partition coefficient (Wildman–Crippen LogP) is 2.34. The van der Waals surface area contributed by atoms with Crippen molar-refractivity contribution in [2.45, 2.75) is 23.8 Å². The van der Waals surface area contributed by atoms with E-state index >= 15 is 0 Å². The molecule has 1 N–H and O–H groups in total. The molecule has 0 aromatic heterocycles. The van der Waals surface area contributed by atoms with Gasteiger partial charge in [-0.2, -0.15) is 0 Å². The number of methoxy groups -OCH3 is 1. The van der Waals surface area contributed by atoms with E-state index in [9.17, 15) is 8.42 Å². The standard InChI is InChI=1S/C24H34N4O3S/c1-26-13-15-28(16-14-26)24(20-6-11-23-19(17-20)5-4-12-27(23)2)18-25-32(29,30)22-9-7-21(31-3)8-10-22/h6-11,17,24-25H,4-5,12-16,18H2,1-3H3. The Balaban J connectivity index is 1.57. The molecule has 0 amide bonds. The van der Waals surface area contributed by atoms with Crippen LogP contribution in [0.2, 0.25) is 0 Å². The Kier molecular flexibility index (Phi) is 7.05. The number of fused-ring (bicyclic) bond motifs is 1. The van der Waals surface area contributed by atoms with Gasteiger partial charge in [-0.15, -0.1) is 0 Å². The molecule has 0 bridgehead atoms. The molecule has 0 aliphatic carbocycles. The molecule has 1 fully saturated rings. The highest BCUT2D eigenvalue weighted by atomic mass is 32.2. The van der Waals surface area contributed by atoms with Crippen molar-refractivity contribution in [1.82, 2.24) is 14.5 Å². The third-order valence-electron chi connectivity index (χ3n) is 6.65. The molecule has 174 valence electrons. The van der Waals surface area contributed by atoms with Crippen LogP contribution in [0.5, 0.6) is 5.75 Å². The number of aryl methyl sites for hydroxylation is 1. The lowest BCUT2D eigenvalue weighted by Gasteiger charge is -2.39. The van der Waals surface area contributed by atoms with Crippen LogP contribution >= 0.6 is 0 Å². The van der Waals surface area contributed by atoms with Gasteiger partial charge in [0.25, 0.3) is 0 Å². The van der Waals surface area contributed by atoms with Gasteiger partial charge >= 0.3 is 0 Å². The van der Waals surface area contributed by atoms with Crippen LogP contribution in [-0.4, -0.2) is 78.7 Å². The average Bonchev–Trinajstić information content (AvgIpc) is 2.80. The van der Waals surface area contributed by atoms with Gasteiger partial charge in [0.15, 0.2) is 0 Å². The summed E-state index contributed by atoms with van der Waals surface area (Å²) in [6, 6.07) is 13.2. The summed E-state index contributed by atoms with van der Waals surface area (Å²) < 4.78 is 34.0. The average molecular weight is 459 g/mol. The Hall–Kier alpha value is -2.13. The number of hydrogen-bond acceptors (Lipinski definition) is 6. The van der Waals surface area contributed by atoms with Crippen molar-refractivity contribution in [1.29, 1.82) is 0 Å². The summed E-state index contributed by atoms with van der Waals surface area (Å²) in [5.41, 5.74) is 3.82. The SMILES string of the molecule is COc1ccc(S(=O)(=O)NCC(c2ccc3c(c2)CCCN3C)N2CCN(C)CC2)cc1. The van der Waals surface area contributed by atoms with E-state index in [0.29, 0.717) is 12.3 Å². The number of benzene rings is 2. The van der Waals surface area contributed by atoms with Gasteiger partial charge in [0.05, 0.1) is 12.0 Å². The van der Waals surface area contributed by atoms with Crippen molar-refractivity contribution in [2.24, 2.45) is 0 Å². The third-order valence-corrected chi connectivity index (χ3v) is 8.09. The number of anilines is 1. The Bertz CT molecular complexity index is 1020. The molecule has 2 aromatic rings. The van der Waals surface area contributed by atoms with E-state index < -0.39 is 10.0 Å². The molecule has 1 unspecified atom stereocenters. The quantitative estimate of drug-likeness (QED) is 0.687. The molecule has 2 aliphatic heterocycles. The third kappa shape index (κ3) is 5.09. The van der Waals surface area contributed by atoms with Crippen LogP contribution < -0.4 is 14.4 Å². The first-order valence-electron chi connectivity index (χ1n) is 11.3. The van der Waals surface area contributed by atoms with E-state index in [4.69, 9.17) is 4.74 Å². The van der Waals surface area contributed by atoms with Crippen LogP contribution in [0.15, 0.2) is 47.4 Å². The van der Waals surface area contributed by atoms with E-state index in [1.54, 1.807) is 31.4 Å². The smallest absolute Gasteiger partial charge is 0.240 e. The summed E-state index contributed by atoms with van der Waals surface area (Å²) in [5.74, 6) is 0.637. The lowest BCUT2D eigenvalue weighted by molar-refractivity contribution is 0.113. The molecule has 1 atom stereocenters. The van der Waals surface area contributed by atoms with Gasteiger partial charge in [0.1, 0.15) is 5.75 Å². The second kappa shape index (κ2) is 9.79. The minimum atomic E-state index is -3.61. The monoisotopic (exact) mass is 458 g/mol. The zero-order valence-corrected chi connectivity index (χ0v) is 20.1. The van der Waals surface area contributed by atoms with Gasteiger partial charge in [-0.05, 0) is 61.3 Å². The zero-order valence-electron chi connectivity index (χ0n) is 19.3. The summed E-state index contributed by atoms with van der Waals surface area (Å²) in [5, 5.41) is 0. The fourth-order valence-corrected chi connectivity index (χ4v) is 5.67. The highest BCUT2D eigenvalue weighted by Crippen LogP contribution is 2.31. The van der Waals surface area contributed by atoms with Crippen molar-refractivity contribution in [3.05, 3.63) is 53.6 Å². The van der Waals surface area contributed by atoms with E-state index in [1.165, 1.54) is 16.8 Å². The van der Waals surface area contributed by atoms with Gasteiger partial charge < -0.3 is 14.5 Å². The molecule has 0 saturated carbocycles. The first-order chi connectivity index (χ1) is 15.4. The first-order valence-corrected chi connectivity index (χ1v) is 12.8. The molecule has 2 aromatic carbocycles. The fraction of sp³-hybridized carbons (Fsp3) is 0.500. The second-order valence-electron chi connectivity index (χ2n) is 8.80. The minimum absolute atomic E-state index is 0.00532. The molecule has 32 heavy (non-hydrogen) atoms. The van der Waals surface area contributed by atoms with Gasteiger partial charge in [0.2, 0.25) is 10.0 Å². The van der Waals surface area contributed by atoms with Gasteiger partial charge in [-0.25, -0.2) is 13.1 Å². The van der Waals surface area contributed by atoms with Crippen LogP contribution in [0.3, 0.4) is 0 Å². The van der Waals surface area contributed by atoms with Crippen molar-refractivity contribution in [2.75, 3.05) is 65.4 Å². The molecule has 2 heterocycles. The molecule has 8 heteroatoms. The van der Waals surface area contributed by atoms with Crippen LogP contribution in [0, 0.1) is 0 Å². The molecule has 0 spiro atoms. The number of hydrogen-bond donors (Lipinski definition) is 1. The molecule has 1 saturated heterocycles. The molecule has 4 rings (SSSR count). The Morgan fingerprint density at radius 3 is 2.41 bits per heavy atom. The van der Waals surface area contributed by atoms with Gasteiger partial charge in [-0.3, -0.25) is 4.90 Å². The topological polar surface area (TPSA) is 65.1 Å². The van der Waals surface area contributed by atoms with E-state index in [2.05, 4.69) is 51.7 Å². The second-order valence-corrected chi connectivity index (χ2v) is 10.6. The van der Waals surface area contributed by atoms with Crippen molar-refractivity contribution in [3.8, 4) is 5.75 Å². The summed E-state index contributed by atoms with van der Waals surface area (Å²) in [7, 11) is 2.22. The van der Waals surface area contributed by atoms with Crippen molar-refractivity contribution >= 4 is 15.7 Å². The molecule has 2 aliphatic rings. The number of sulfonamides is 1. The molecular formula is C24H34N4O3S. The maximum Gasteiger partial charge on any atom is 0.240 e. The highest BCUT2D eigenvalue weighted by molar-refractivity contribution is 7.89. The predicted molar refractivity (Wildman–Crippen MR) is 128 cm³/mol. The number of piperazine rings is 1. The van der Waals surface area contributed by atoms with Crippen LogP contribution in [-0.2, 0) is 16.4 Å². The summed E-state index contributed by atoms with van der Waals surface area (Å²) in [6.07, 6.45) is 2.22. The fourth-order valence-electron chi connectivity index (χ4n) is 4.63. The molecule has 0 radical (unpaired) electrons. The lowest BCUT2D eigenvalue weighted by Crippen LogP contribution is -2.48. The summed E-state index contributed by atoms with van der Waals surface area (Å²) in [4.78, 5) is 7.28. The highest BCUT2D eigenvalue weighted by Gasteiger charge is 2.27. The van der Waals surface area contributed by atoms with E-state index in [-0.39, 0.29) is 10.9 Å². The van der Waals surface area contributed by atoms with Gasteiger partial charge in [-0.1, -0.05) is 12.1 Å². The maximum absolute atomic E-state index is 13.0. The Labute approximate surface area is 192 Å². The summed E-state index contributed by atoms with van der Waals surface area (Å²) in [6.45, 7) is 5.22. The van der Waals surface area contributed by atoms with Crippen molar-refractivity contribution in [3.63, 3.8) is 0 Å². The number of rotatable bonds is 7. The normalized spacial score (nSPS) is 18.9. The zero-order chi connectivity index (χ0) is 22.7. The van der Waals surface area contributed by atoms with Gasteiger partial charge in [0, 0.05) is 58.0 Å². The summed E-state index contributed by atoms with van der Waals surface area (Å²) >= 11 is 0. The number of likely N-dealkylation sites (N-methyl/N-ethyl adjacent to an activating group) is 1.